The standard InChI is InChI=1S/C4H8O3.CH2O/c1-4(6)7-3-2-5;1-2/h5H,2-3H2,1H3;1H2. The highest BCUT2D eigenvalue weighted by Crippen LogP contribution is 1.71. The monoisotopic (exact) mass is 134 g/mol. The van der Waals surface area contributed by atoms with Crippen LogP contribution in [-0.2, 0) is 14.3 Å². The van der Waals surface area contributed by atoms with Gasteiger partial charge in [0.1, 0.15) is 13.4 Å². The van der Waals surface area contributed by atoms with Gasteiger partial charge in [-0.15, -0.1) is 0 Å². The number of hydrogen-bond donors (Lipinski definition) is 1. The molecule has 0 aliphatic carbocycles. The van der Waals surface area contributed by atoms with Crippen LogP contribution in [0.15, 0.2) is 0 Å². The first-order valence-electron chi connectivity index (χ1n) is 2.30. The van der Waals surface area contributed by atoms with Gasteiger partial charge in [-0.2, -0.15) is 0 Å². The molecule has 0 aromatic heterocycles. The fourth-order valence-electron chi connectivity index (χ4n) is 0.189. The van der Waals surface area contributed by atoms with Crippen LogP contribution in [0.5, 0.6) is 0 Å². The Morgan fingerprint density at radius 1 is 1.67 bits per heavy atom. The molecule has 0 unspecified atom stereocenters. The molecule has 0 atom stereocenters. The first-order chi connectivity index (χ1) is 4.27. The van der Waals surface area contributed by atoms with Gasteiger partial charge in [0.25, 0.3) is 0 Å². The lowest BCUT2D eigenvalue weighted by Gasteiger charge is -1.93. The van der Waals surface area contributed by atoms with Gasteiger partial charge in [0.15, 0.2) is 0 Å². The van der Waals surface area contributed by atoms with E-state index in [1.807, 2.05) is 6.79 Å². The number of carbonyl (C=O) groups is 2. The maximum absolute atomic E-state index is 9.87. The SMILES string of the molecule is C=O.CC(=O)OCCO. The van der Waals surface area contributed by atoms with Crippen LogP contribution in [0.2, 0.25) is 0 Å². The predicted octanol–water partition coefficient (Wildman–Crippen LogP) is -0.643. The van der Waals surface area contributed by atoms with Crippen molar-refractivity contribution < 1.29 is 19.4 Å². The summed E-state index contributed by atoms with van der Waals surface area (Å²) < 4.78 is 4.30. The molecule has 9 heavy (non-hydrogen) atoms. The normalized spacial score (nSPS) is 6.89. The van der Waals surface area contributed by atoms with Crippen LogP contribution in [0.25, 0.3) is 0 Å². The predicted molar refractivity (Wildman–Crippen MR) is 30.8 cm³/mol. The summed E-state index contributed by atoms with van der Waals surface area (Å²) in [5, 5.41) is 8.04. The minimum absolute atomic E-state index is 0.0976. The van der Waals surface area contributed by atoms with Crippen LogP contribution in [0.3, 0.4) is 0 Å². The van der Waals surface area contributed by atoms with Crippen molar-refractivity contribution >= 4 is 12.8 Å². The highest BCUT2D eigenvalue weighted by Gasteiger charge is 1.86. The molecule has 0 saturated heterocycles. The van der Waals surface area contributed by atoms with Crippen molar-refractivity contribution in [3.05, 3.63) is 0 Å². The van der Waals surface area contributed by atoms with Crippen LogP contribution in [0.4, 0.5) is 0 Å². The summed E-state index contributed by atoms with van der Waals surface area (Å²) >= 11 is 0. The molecule has 0 aliphatic rings. The van der Waals surface area contributed by atoms with Crippen molar-refractivity contribution in [3.63, 3.8) is 0 Å². The molecule has 0 radical (unpaired) electrons. The van der Waals surface area contributed by atoms with E-state index in [2.05, 4.69) is 4.74 Å². The second-order valence-electron chi connectivity index (χ2n) is 1.06. The molecule has 0 rings (SSSR count). The summed E-state index contributed by atoms with van der Waals surface area (Å²) in [4.78, 5) is 17.9. The summed E-state index contributed by atoms with van der Waals surface area (Å²) in [6, 6.07) is 0. The summed E-state index contributed by atoms with van der Waals surface area (Å²) in [6.45, 7) is 3.31. The largest absolute Gasteiger partial charge is 0.463 e. The van der Waals surface area contributed by atoms with Gasteiger partial charge in [-0.05, 0) is 0 Å². The van der Waals surface area contributed by atoms with E-state index in [9.17, 15) is 4.79 Å². The number of esters is 1. The van der Waals surface area contributed by atoms with Crippen LogP contribution in [0.1, 0.15) is 6.92 Å². The van der Waals surface area contributed by atoms with Gasteiger partial charge in [0.05, 0.1) is 6.61 Å². The van der Waals surface area contributed by atoms with Gasteiger partial charge in [0, 0.05) is 6.92 Å². The van der Waals surface area contributed by atoms with Crippen LogP contribution >= 0.6 is 0 Å². The van der Waals surface area contributed by atoms with Gasteiger partial charge in [-0.25, -0.2) is 0 Å². The lowest BCUT2D eigenvalue weighted by molar-refractivity contribution is -0.141. The zero-order chi connectivity index (χ0) is 7.70. The van der Waals surface area contributed by atoms with E-state index in [4.69, 9.17) is 9.90 Å². The van der Waals surface area contributed by atoms with Crippen molar-refractivity contribution in [2.45, 2.75) is 6.92 Å². The highest BCUT2D eigenvalue weighted by molar-refractivity contribution is 5.65. The van der Waals surface area contributed by atoms with Gasteiger partial charge in [-0.3, -0.25) is 4.79 Å². The molecule has 0 aromatic rings. The molecule has 54 valence electrons. The van der Waals surface area contributed by atoms with E-state index in [1.165, 1.54) is 6.92 Å². The third-order valence-corrected chi connectivity index (χ3v) is 0.397. The topological polar surface area (TPSA) is 63.6 Å². The Kier molecular flexibility index (Phi) is 12.4. The fraction of sp³-hybridized carbons (Fsp3) is 0.600. The zero-order valence-corrected chi connectivity index (χ0v) is 5.29. The van der Waals surface area contributed by atoms with Crippen LogP contribution in [-0.4, -0.2) is 31.1 Å². The molecule has 0 aromatic carbocycles. The Morgan fingerprint density at radius 2 is 2.11 bits per heavy atom. The molecule has 4 nitrogen and oxygen atoms in total. The van der Waals surface area contributed by atoms with E-state index in [-0.39, 0.29) is 19.2 Å². The summed E-state index contributed by atoms with van der Waals surface area (Å²) in [5.41, 5.74) is 0. The third-order valence-electron chi connectivity index (χ3n) is 0.397. The lowest BCUT2D eigenvalue weighted by Crippen LogP contribution is -2.03. The number of ether oxygens (including phenoxy) is 1. The third kappa shape index (κ3) is 19.2. The molecule has 0 aliphatic heterocycles. The number of rotatable bonds is 2. The van der Waals surface area contributed by atoms with Crippen molar-refractivity contribution in [1.82, 2.24) is 0 Å². The molecule has 0 saturated carbocycles. The second-order valence-corrected chi connectivity index (χ2v) is 1.06. The van der Waals surface area contributed by atoms with E-state index in [0.29, 0.717) is 0 Å². The van der Waals surface area contributed by atoms with Crippen molar-refractivity contribution in [2.24, 2.45) is 0 Å². The van der Waals surface area contributed by atoms with Crippen molar-refractivity contribution in [2.75, 3.05) is 13.2 Å². The highest BCUT2D eigenvalue weighted by atomic mass is 16.5. The molecule has 0 amide bonds. The average molecular weight is 134 g/mol. The molecule has 1 N–H and O–H groups in total. The molecule has 0 bridgehead atoms. The molecule has 0 fully saturated rings. The Bertz CT molecular complexity index is 71.4. The van der Waals surface area contributed by atoms with Gasteiger partial charge in [0.2, 0.25) is 0 Å². The maximum Gasteiger partial charge on any atom is 0.302 e. The Hall–Kier alpha value is -0.900. The number of carbonyl (C=O) groups excluding carboxylic acids is 2. The first-order valence-corrected chi connectivity index (χ1v) is 2.30. The molecule has 0 heterocycles. The first kappa shape index (κ1) is 11.0. The van der Waals surface area contributed by atoms with Gasteiger partial charge in [-0.1, -0.05) is 0 Å². The minimum Gasteiger partial charge on any atom is -0.463 e. The second kappa shape index (κ2) is 10.2. The van der Waals surface area contributed by atoms with Gasteiger partial charge >= 0.3 is 5.97 Å². The van der Waals surface area contributed by atoms with Crippen LogP contribution in [0, 0.1) is 0 Å². The molecular formula is C5H10O4. The van der Waals surface area contributed by atoms with Crippen LogP contribution < -0.4 is 0 Å². The zero-order valence-electron chi connectivity index (χ0n) is 5.29. The van der Waals surface area contributed by atoms with Crippen molar-refractivity contribution in [3.8, 4) is 0 Å². The van der Waals surface area contributed by atoms with Gasteiger partial charge < -0.3 is 14.6 Å². The fourth-order valence-corrected chi connectivity index (χ4v) is 0.189. The van der Waals surface area contributed by atoms with E-state index >= 15 is 0 Å². The number of aliphatic hydroxyl groups is 1. The van der Waals surface area contributed by atoms with E-state index in [0.717, 1.165) is 0 Å². The summed E-state index contributed by atoms with van der Waals surface area (Å²) in [5.74, 6) is -0.353. The number of aliphatic hydroxyl groups excluding tert-OH is 1. The Balaban J connectivity index is 0. The van der Waals surface area contributed by atoms with E-state index < -0.39 is 0 Å². The lowest BCUT2D eigenvalue weighted by atomic mass is 10.7. The smallest absolute Gasteiger partial charge is 0.302 e. The molecular weight excluding hydrogens is 124 g/mol. The summed E-state index contributed by atoms with van der Waals surface area (Å²) in [6.07, 6.45) is 0. The van der Waals surface area contributed by atoms with Crippen molar-refractivity contribution in [1.29, 1.82) is 0 Å². The quantitative estimate of drug-likeness (QED) is 0.510. The molecule has 0 spiro atoms. The minimum atomic E-state index is -0.353. The number of hydrogen-bond acceptors (Lipinski definition) is 4. The maximum atomic E-state index is 9.87. The van der Waals surface area contributed by atoms with E-state index in [1.54, 1.807) is 0 Å². The average Bonchev–Trinajstić information content (AvgIpc) is 1.88. The summed E-state index contributed by atoms with van der Waals surface area (Å²) in [7, 11) is 0. The molecule has 4 heteroatoms. The Labute approximate surface area is 53.4 Å². The Morgan fingerprint density at radius 3 is 2.22 bits per heavy atom.